The topological polar surface area (TPSA) is 77.8 Å². The van der Waals surface area contributed by atoms with Crippen molar-refractivity contribution in [1.29, 1.82) is 0 Å². The number of fused-ring (bicyclic) bond motifs is 1. The summed E-state index contributed by atoms with van der Waals surface area (Å²) in [5.41, 5.74) is 0. The monoisotopic (exact) mass is 239 g/mol. The maximum atomic E-state index is 12.2. The molecule has 0 aromatic carbocycles. The van der Waals surface area contributed by atoms with Gasteiger partial charge in [-0.2, -0.15) is 0 Å². The number of hydrogen-bond donors (Lipinski definition) is 2. The van der Waals surface area contributed by atoms with E-state index in [-0.39, 0.29) is 24.8 Å². The number of rotatable bonds is 2. The van der Waals surface area contributed by atoms with Crippen LogP contribution < -0.4 is 0 Å². The molecule has 1 aliphatic heterocycles. The molecule has 0 spiro atoms. The predicted octanol–water partition coefficient (Wildman–Crippen LogP) is 0.0789. The Hall–Kier alpha value is -1.10. The van der Waals surface area contributed by atoms with Gasteiger partial charge >= 0.3 is 5.97 Å². The first-order valence-electron chi connectivity index (χ1n) is 6.31. The number of carbonyl (C=O) groups excluding carboxylic acids is 1. The fraction of sp³-hybridized carbons (Fsp3) is 0.833. The molecule has 5 nitrogen and oxygen atoms in total. The van der Waals surface area contributed by atoms with Crippen LogP contribution in [0.25, 0.3) is 0 Å². The van der Waals surface area contributed by atoms with Crippen molar-refractivity contribution in [3.05, 3.63) is 0 Å². The molecule has 0 bridgehead atoms. The summed E-state index contributed by atoms with van der Waals surface area (Å²) in [6.07, 6.45) is 2.90. The number of aliphatic hydroxyl groups excluding tert-OH is 1. The van der Waals surface area contributed by atoms with Crippen LogP contribution in [0.1, 0.15) is 25.7 Å². The average Bonchev–Trinajstić information content (AvgIpc) is 2.67. The van der Waals surface area contributed by atoms with Gasteiger partial charge in [0.2, 0.25) is 5.91 Å². The Bertz CT molecular complexity index is 360. The zero-order valence-corrected chi connectivity index (χ0v) is 9.58. The standard InChI is InChI=1S/C12H17NO4/c14-6-4-9(12(16)17)13(5-6)11(15)10-7-2-1-3-8(7)10/h6-10,14H,1-5H2,(H,16,17)/t6?,7?,8?,9-,10?/m0/s1. The van der Waals surface area contributed by atoms with Crippen LogP contribution in [0.3, 0.4) is 0 Å². The van der Waals surface area contributed by atoms with Crippen molar-refractivity contribution in [1.82, 2.24) is 4.90 Å². The van der Waals surface area contributed by atoms with Crippen LogP contribution in [0.2, 0.25) is 0 Å². The highest BCUT2D eigenvalue weighted by molar-refractivity contribution is 5.88. The molecule has 5 heteroatoms. The van der Waals surface area contributed by atoms with Gasteiger partial charge in [0, 0.05) is 18.9 Å². The maximum absolute atomic E-state index is 12.2. The fourth-order valence-corrected chi connectivity index (χ4v) is 3.67. The molecule has 3 rings (SSSR count). The molecule has 2 saturated carbocycles. The SMILES string of the molecule is O=C(O)[C@@H]1CC(O)CN1C(=O)C1C2CCCC21. The predicted molar refractivity (Wildman–Crippen MR) is 58.1 cm³/mol. The number of aliphatic hydroxyl groups is 1. The molecule has 1 amide bonds. The quantitative estimate of drug-likeness (QED) is 0.715. The molecule has 94 valence electrons. The number of carbonyl (C=O) groups is 2. The van der Waals surface area contributed by atoms with Gasteiger partial charge in [-0.05, 0) is 24.7 Å². The van der Waals surface area contributed by atoms with E-state index in [9.17, 15) is 14.7 Å². The second-order valence-corrected chi connectivity index (χ2v) is 5.52. The number of nitrogens with zero attached hydrogens (tertiary/aromatic N) is 1. The van der Waals surface area contributed by atoms with Gasteiger partial charge in [-0.25, -0.2) is 4.79 Å². The Kier molecular flexibility index (Phi) is 2.40. The van der Waals surface area contributed by atoms with Gasteiger partial charge < -0.3 is 15.1 Å². The summed E-state index contributed by atoms with van der Waals surface area (Å²) < 4.78 is 0. The third-order valence-corrected chi connectivity index (χ3v) is 4.54. The third kappa shape index (κ3) is 1.64. The number of likely N-dealkylation sites (tertiary alicyclic amines) is 1. The van der Waals surface area contributed by atoms with E-state index >= 15 is 0 Å². The van der Waals surface area contributed by atoms with Gasteiger partial charge in [0.25, 0.3) is 0 Å². The van der Waals surface area contributed by atoms with Crippen LogP contribution in [0, 0.1) is 17.8 Å². The molecule has 17 heavy (non-hydrogen) atoms. The van der Waals surface area contributed by atoms with Gasteiger partial charge in [-0.3, -0.25) is 4.79 Å². The zero-order chi connectivity index (χ0) is 12.2. The first kappa shape index (κ1) is 11.0. The molecule has 4 atom stereocenters. The lowest BCUT2D eigenvalue weighted by Crippen LogP contribution is -2.42. The second kappa shape index (κ2) is 3.70. The minimum Gasteiger partial charge on any atom is -0.480 e. The van der Waals surface area contributed by atoms with Crippen molar-refractivity contribution in [3.63, 3.8) is 0 Å². The molecule has 3 unspecified atom stereocenters. The van der Waals surface area contributed by atoms with Crippen molar-refractivity contribution in [3.8, 4) is 0 Å². The molecular formula is C12H17NO4. The number of carboxylic acid groups (broad SMARTS) is 1. The van der Waals surface area contributed by atoms with E-state index < -0.39 is 18.1 Å². The summed E-state index contributed by atoms with van der Waals surface area (Å²) in [6.45, 7) is 0.186. The molecule has 1 heterocycles. The minimum absolute atomic E-state index is 0.0383. The van der Waals surface area contributed by atoms with Crippen molar-refractivity contribution < 1.29 is 19.8 Å². The normalized spacial score (nSPS) is 43.6. The van der Waals surface area contributed by atoms with E-state index in [2.05, 4.69) is 0 Å². The number of carboxylic acids is 1. The third-order valence-electron chi connectivity index (χ3n) is 4.54. The molecule has 1 saturated heterocycles. The van der Waals surface area contributed by atoms with Crippen LogP contribution in [0.4, 0.5) is 0 Å². The van der Waals surface area contributed by atoms with E-state index in [1.54, 1.807) is 0 Å². The summed E-state index contributed by atoms with van der Waals surface area (Å²) >= 11 is 0. The summed E-state index contributed by atoms with van der Waals surface area (Å²) in [7, 11) is 0. The first-order chi connectivity index (χ1) is 8.09. The molecular weight excluding hydrogens is 222 g/mol. The fourth-order valence-electron chi connectivity index (χ4n) is 3.67. The lowest BCUT2D eigenvalue weighted by molar-refractivity contribution is -0.149. The van der Waals surface area contributed by atoms with Gasteiger partial charge in [0.15, 0.2) is 0 Å². The average molecular weight is 239 g/mol. The smallest absolute Gasteiger partial charge is 0.326 e. The van der Waals surface area contributed by atoms with Crippen molar-refractivity contribution in [2.45, 2.75) is 37.8 Å². The van der Waals surface area contributed by atoms with Gasteiger partial charge in [0.1, 0.15) is 6.04 Å². The Morgan fingerprint density at radius 2 is 1.82 bits per heavy atom. The van der Waals surface area contributed by atoms with E-state index in [1.165, 1.54) is 11.3 Å². The van der Waals surface area contributed by atoms with E-state index in [0.29, 0.717) is 11.8 Å². The van der Waals surface area contributed by atoms with Crippen molar-refractivity contribution in [2.75, 3.05) is 6.54 Å². The maximum Gasteiger partial charge on any atom is 0.326 e. The lowest BCUT2D eigenvalue weighted by atomic mass is 10.1. The summed E-state index contributed by atoms with van der Waals surface area (Å²) in [4.78, 5) is 24.7. The van der Waals surface area contributed by atoms with Crippen LogP contribution in [-0.4, -0.2) is 45.7 Å². The van der Waals surface area contributed by atoms with Crippen LogP contribution in [0.5, 0.6) is 0 Å². The number of β-amino-alcohol motifs (C(OH)–C–C–N with tert-alkyl or cyclic N) is 1. The van der Waals surface area contributed by atoms with Crippen molar-refractivity contribution >= 4 is 11.9 Å². The largest absolute Gasteiger partial charge is 0.480 e. The first-order valence-corrected chi connectivity index (χ1v) is 6.31. The van der Waals surface area contributed by atoms with E-state index in [1.807, 2.05) is 0 Å². The number of amides is 1. The lowest BCUT2D eigenvalue weighted by Gasteiger charge is -2.22. The molecule has 0 aromatic rings. The van der Waals surface area contributed by atoms with Crippen molar-refractivity contribution in [2.24, 2.45) is 17.8 Å². The summed E-state index contributed by atoms with van der Waals surface area (Å²) in [5.74, 6) is 0.00429. The Morgan fingerprint density at radius 1 is 1.18 bits per heavy atom. The highest BCUT2D eigenvalue weighted by Crippen LogP contribution is 2.58. The number of hydrogen-bond acceptors (Lipinski definition) is 3. The number of aliphatic carboxylic acids is 1. The minimum atomic E-state index is -0.999. The Morgan fingerprint density at radius 3 is 2.41 bits per heavy atom. The van der Waals surface area contributed by atoms with Gasteiger partial charge in [0.05, 0.1) is 6.10 Å². The van der Waals surface area contributed by atoms with Gasteiger partial charge in [-0.15, -0.1) is 0 Å². The summed E-state index contributed by atoms with van der Waals surface area (Å²) in [6, 6.07) is -0.821. The molecule has 3 aliphatic rings. The van der Waals surface area contributed by atoms with Crippen LogP contribution in [0.15, 0.2) is 0 Å². The van der Waals surface area contributed by atoms with Crippen LogP contribution in [-0.2, 0) is 9.59 Å². The van der Waals surface area contributed by atoms with Crippen LogP contribution >= 0.6 is 0 Å². The second-order valence-electron chi connectivity index (χ2n) is 5.52. The zero-order valence-electron chi connectivity index (χ0n) is 9.58. The highest BCUT2D eigenvalue weighted by Gasteiger charge is 2.59. The Labute approximate surface area is 99.4 Å². The molecule has 0 radical (unpaired) electrons. The molecule has 0 aromatic heterocycles. The molecule has 2 aliphatic carbocycles. The van der Waals surface area contributed by atoms with Gasteiger partial charge in [-0.1, -0.05) is 6.42 Å². The molecule has 3 fully saturated rings. The highest BCUT2D eigenvalue weighted by atomic mass is 16.4. The van der Waals surface area contributed by atoms with E-state index in [0.717, 1.165) is 12.8 Å². The van der Waals surface area contributed by atoms with E-state index in [4.69, 9.17) is 5.11 Å². The Balaban J connectivity index is 1.71. The summed E-state index contributed by atoms with van der Waals surface area (Å²) in [5, 5.41) is 18.6. The molecule has 2 N–H and O–H groups in total.